The van der Waals surface area contributed by atoms with E-state index in [9.17, 15) is 24.6 Å². The maximum absolute atomic E-state index is 17.5. The first-order chi connectivity index (χ1) is 21.4. The van der Waals surface area contributed by atoms with Gasteiger partial charge in [0.25, 0.3) is 0 Å². The van der Waals surface area contributed by atoms with Crippen LogP contribution in [-0.2, 0) is 19.1 Å². The lowest BCUT2D eigenvalue weighted by molar-refractivity contribution is -0.224. The van der Waals surface area contributed by atoms with Crippen LogP contribution in [0.3, 0.4) is 0 Å². The number of rotatable bonds is 6. The second kappa shape index (κ2) is 10.8. The molecule has 2 aromatic carbocycles. The highest BCUT2D eigenvalue weighted by Gasteiger charge is 2.76. The highest BCUT2D eigenvalue weighted by molar-refractivity contribution is 6.01. The van der Waals surface area contributed by atoms with Crippen LogP contribution < -0.4 is 4.74 Å². The number of phenols is 1. The number of para-hydroxylation sites is 1. The molecule has 6 rings (SSSR count). The molecule has 0 aliphatic heterocycles. The summed E-state index contributed by atoms with van der Waals surface area (Å²) in [4.78, 5) is 39.6. The Morgan fingerprint density at radius 3 is 2.58 bits per heavy atom. The molecule has 3 saturated carbocycles. The quantitative estimate of drug-likeness (QED) is 0.402. The van der Waals surface area contributed by atoms with E-state index in [2.05, 4.69) is 0 Å². The van der Waals surface area contributed by atoms with E-state index in [1.165, 1.54) is 30.4 Å². The molecule has 2 aromatic rings. The first kappa shape index (κ1) is 30.5. The molecule has 0 heterocycles. The van der Waals surface area contributed by atoms with Crippen molar-refractivity contribution >= 4 is 17.7 Å². The topological polar surface area (TPSA) is 143 Å². The summed E-state index contributed by atoms with van der Waals surface area (Å²) < 4.78 is 34.6. The van der Waals surface area contributed by atoms with Crippen LogP contribution in [0.4, 0.5) is 4.39 Å². The van der Waals surface area contributed by atoms with Crippen LogP contribution in [0.5, 0.6) is 17.2 Å². The summed E-state index contributed by atoms with van der Waals surface area (Å²) in [6, 6.07) is 14.5. The molecule has 0 saturated heterocycles. The normalized spacial score (nSPS) is 34.8. The van der Waals surface area contributed by atoms with Gasteiger partial charge in [-0.15, -0.1) is 0 Å². The van der Waals surface area contributed by atoms with E-state index < -0.39 is 58.6 Å². The van der Waals surface area contributed by atoms with Crippen LogP contribution in [0, 0.1) is 34.0 Å². The van der Waals surface area contributed by atoms with Crippen LogP contribution >= 0.6 is 0 Å². The smallest absolute Gasteiger partial charge is 0.352 e. The number of esters is 2. The number of aliphatic hydroxyl groups excluding tert-OH is 1. The van der Waals surface area contributed by atoms with E-state index in [4.69, 9.17) is 19.5 Å². The Bertz CT molecular complexity index is 1670. The van der Waals surface area contributed by atoms with E-state index in [-0.39, 0.29) is 35.7 Å². The molecular weight excluding hydrogens is 581 g/mol. The first-order valence-corrected chi connectivity index (χ1v) is 15.0. The van der Waals surface area contributed by atoms with Crippen molar-refractivity contribution in [3.63, 3.8) is 0 Å². The number of benzene rings is 2. The molecule has 10 heteroatoms. The van der Waals surface area contributed by atoms with Gasteiger partial charge in [0.2, 0.25) is 5.60 Å². The lowest BCUT2D eigenvalue weighted by Gasteiger charge is -2.62. The predicted octanol–water partition coefficient (Wildman–Crippen LogP) is 5.52. The predicted molar refractivity (Wildman–Crippen MR) is 158 cm³/mol. The Morgan fingerprint density at radius 2 is 1.87 bits per heavy atom. The number of nitriles is 1. The van der Waals surface area contributed by atoms with Gasteiger partial charge in [0.1, 0.15) is 11.8 Å². The summed E-state index contributed by atoms with van der Waals surface area (Å²) in [6.45, 7) is 2.81. The molecule has 0 radical (unpaired) electrons. The Hall–Kier alpha value is -4.49. The van der Waals surface area contributed by atoms with Crippen molar-refractivity contribution in [2.24, 2.45) is 22.7 Å². The fraction of sp³-hybridized carbons (Fsp3) is 0.429. The number of fused-ring (bicyclic) bond motifs is 5. The van der Waals surface area contributed by atoms with E-state index in [1.807, 2.05) is 6.07 Å². The zero-order valence-corrected chi connectivity index (χ0v) is 25.0. The molecule has 0 amide bonds. The minimum Gasteiger partial charge on any atom is -0.504 e. The number of hydrogen-bond donors (Lipinski definition) is 2. The van der Waals surface area contributed by atoms with E-state index in [0.29, 0.717) is 30.6 Å². The maximum Gasteiger partial charge on any atom is 0.352 e. The number of carbonyl (C=O) groups excluding carboxylic acids is 3. The zero-order valence-electron chi connectivity index (χ0n) is 25.0. The van der Waals surface area contributed by atoms with Gasteiger partial charge in [-0.2, -0.15) is 5.26 Å². The van der Waals surface area contributed by atoms with Gasteiger partial charge >= 0.3 is 11.9 Å². The van der Waals surface area contributed by atoms with Gasteiger partial charge in [0.05, 0.1) is 11.7 Å². The molecule has 4 aliphatic rings. The van der Waals surface area contributed by atoms with Crippen LogP contribution in [-0.4, -0.2) is 51.9 Å². The van der Waals surface area contributed by atoms with Gasteiger partial charge in [-0.1, -0.05) is 36.8 Å². The minimum atomic E-state index is -2.14. The molecule has 9 nitrogen and oxygen atoms in total. The van der Waals surface area contributed by atoms with Crippen LogP contribution in [0.25, 0.3) is 0 Å². The van der Waals surface area contributed by atoms with Crippen molar-refractivity contribution in [1.29, 1.82) is 5.26 Å². The number of hydrogen-bond acceptors (Lipinski definition) is 9. The van der Waals surface area contributed by atoms with Gasteiger partial charge in [-0.25, -0.2) is 14.0 Å². The number of allylic oxidation sites excluding steroid dienone is 4. The number of ether oxygens (including phenoxy) is 3. The van der Waals surface area contributed by atoms with Crippen LogP contribution in [0.15, 0.2) is 72.3 Å². The maximum atomic E-state index is 17.5. The lowest BCUT2D eigenvalue weighted by atomic mass is 9.45. The summed E-state index contributed by atoms with van der Waals surface area (Å²) in [6.07, 6.45) is 3.55. The molecule has 7 atom stereocenters. The van der Waals surface area contributed by atoms with Crippen molar-refractivity contribution < 1.29 is 43.2 Å². The lowest BCUT2D eigenvalue weighted by Crippen LogP contribution is -2.69. The molecule has 2 unspecified atom stereocenters. The molecule has 0 bridgehead atoms. The minimum absolute atomic E-state index is 0.0155. The molecule has 2 N–H and O–H groups in total. The first-order valence-electron chi connectivity index (χ1n) is 15.0. The number of carbonyl (C=O) groups is 3. The monoisotopic (exact) mass is 615 g/mol. The Labute approximate surface area is 259 Å². The molecule has 4 aliphatic carbocycles. The average molecular weight is 616 g/mol. The van der Waals surface area contributed by atoms with Crippen molar-refractivity contribution in [3.8, 4) is 23.3 Å². The highest BCUT2D eigenvalue weighted by Crippen LogP contribution is 2.70. The number of aliphatic hydroxyl groups is 1. The van der Waals surface area contributed by atoms with Crippen LogP contribution in [0.2, 0.25) is 0 Å². The highest BCUT2D eigenvalue weighted by atomic mass is 19.1. The second-order valence-corrected chi connectivity index (χ2v) is 12.9. The van der Waals surface area contributed by atoms with Gasteiger partial charge < -0.3 is 24.4 Å². The van der Waals surface area contributed by atoms with E-state index >= 15 is 4.39 Å². The Balaban J connectivity index is 1.34. The number of ketones is 1. The van der Waals surface area contributed by atoms with E-state index in [1.54, 1.807) is 50.3 Å². The molecule has 234 valence electrons. The fourth-order valence-electron chi connectivity index (χ4n) is 8.52. The SMILES string of the molecule is C[C@]12C=CC(=O)C=C1CC[C@H]1[C@@H]3CCC(OC(=O)c4ccc(Oc5ccccc5)c(O)c4)(C(=O)OCC#N)[C@@]3(C)C[C@H](O)C12F. The molecule has 3 fully saturated rings. The average Bonchev–Trinajstić information content (AvgIpc) is 3.30. The summed E-state index contributed by atoms with van der Waals surface area (Å²) in [5, 5.41) is 31.5. The number of nitrogens with zero attached hydrogens (tertiary/aromatic N) is 1. The van der Waals surface area contributed by atoms with Gasteiger partial charge in [0, 0.05) is 16.7 Å². The van der Waals surface area contributed by atoms with E-state index in [0.717, 1.165) is 0 Å². The van der Waals surface area contributed by atoms with Gasteiger partial charge in [-0.05, 0) is 87.4 Å². The molecular formula is C35H34FNO8. The molecule has 45 heavy (non-hydrogen) atoms. The summed E-state index contributed by atoms with van der Waals surface area (Å²) >= 11 is 0. The third-order valence-electron chi connectivity index (χ3n) is 10.8. The van der Waals surface area contributed by atoms with Gasteiger partial charge in [-0.3, -0.25) is 4.79 Å². The number of alkyl halides is 1. The third kappa shape index (κ3) is 4.47. The third-order valence-corrected chi connectivity index (χ3v) is 10.8. The second-order valence-electron chi connectivity index (χ2n) is 12.9. The summed E-state index contributed by atoms with van der Waals surface area (Å²) in [5.74, 6) is -3.10. The molecule has 0 spiro atoms. The summed E-state index contributed by atoms with van der Waals surface area (Å²) in [7, 11) is 0. The number of halogens is 1. The van der Waals surface area contributed by atoms with Crippen molar-refractivity contribution in [2.75, 3.05) is 6.61 Å². The van der Waals surface area contributed by atoms with Crippen LogP contribution in [0.1, 0.15) is 56.3 Å². The van der Waals surface area contributed by atoms with Crippen molar-refractivity contribution in [3.05, 3.63) is 77.9 Å². The number of aromatic hydroxyl groups is 1. The standard InChI is InChI=1S/C35H34FNO8/c1-32-14-12-23(38)19-22(32)9-10-26-25-13-15-34(31(42)43-17-16-37,33(25,2)20-29(40)35(26,32)36)45-30(41)21-8-11-28(27(39)18-21)44-24-6-4-3-5-7-24/h3-8,11-12,14,18-19,25-26,29,39-40H,9-10,13,15,17,20H2,1-2H3/t25-,26-,29-,32-,33-,34?,35?/m0/s1. The Morgan fingerprint density at radius 1 is 1.11 bits per heavy atom. The largest absolute Gasteiger partial charge is 0.504 e. The Kier molecular flexibility index (Phi) is 7.36. The number of phenolic OH excluding ortho intramolecular Hbond substituents is 1. The zero-order chi connectivity index (χ0) is 32.2. The van der Waals surface area contributed by atoms with Crippen molar-refractivity contribution in [1.82, 2.24) is 0 Å². The summed E-state index contributed by atoms with van der Waals surface area (Å²) in [5.41, 5.74) is -6.03. The van der Waals surface area contributed by atoms with Gasteiger partial charge in [0.15, 0.2) is 29.6 Å². The fourth-order valence-corrected chi connectivity index (χ4v) is 8.52. The molecule has 0 aromatic heterocycles. The van der Waals surface area contributed by atoms with Crippen molar-refractivity contribution in [2.45, 2.75) is 63.3 Å².